The Hall–Kier alpha value is -1.72. The Balaban J connectivity index is 1.77. The first-order valence-electron chi connectivity index (χ1n) is 6.76. The number of rotatable bonds is 6. The van der Waals surface area contributed by atoms with Gasteiger partial charge < -0.3 is 5.32 Å². The predicted molar refractivity (Wildman–Crippen MR) is 88.2 cm³/mol. The third-order valence-corrected chi connectivity index (χ3v) is 3.55. The second-order valence-corrected chi connectivity index (χ2v) is 5.82. The minimum atomic E-state index is -0.00896. The van der Waals surface area contributed by atoms with Crippen LogP contribution in [0.1, 0.15) is 5.56 Å². The van der Waals surface area contributed by atoms with Crippen LogP contribution in [0, 0.1) is 0 Å². The van der Waals surface area contributed by atoms with Crippen LogP contribution >= 0.6 is 15.9 Å². The molecule has 1 aromatic heterocycles. The summed E-state index contributed by atoms with van der Waals surface area (Å²) in [4.78, 5) is 18.0. The highest BCUT2D eigenvalue weighted by Crippen LogP contribution is 2.15. The Morgan fingerprint density at radius 3 is 2.76 bits per heavy atom. The van der Waals surface area contributed by atoms with E-state index in [1.165, 1.54) is 5.56 Å². The van der Waals surface area contributed by atoms with Gasteiger partial charge in [0.15, 0.2) is 0 Å². The van der Waals surface area contributed by atoms with E-state index >= 15 is 0 Å². The molecule has 5 heteroatoms. The molecule has 0 radical (unpaired) electrons. The normalized spacial score (nSPS) is 10.6. The molecule has 0 spiro atoms. The molecule has 0 aliphatic carbocycles. The lowest BCUT2D eigenvalue weighted by Gasteiger charge is -2.16. The van der Waals surface area contributed by atoms with Crippen LogP contribution in [0.5, 0.6) is 0 Å². The maximum absolute atomic E-state index is 12.0. The first-order valence-corrected chi connectivity index (χ1v) is 7.55. The van der Waals surface area contributed by atoms with Gasteiger partial charge >= 0.3 is 0 Å². The number of hydrogen-bond acceptors (Lipinski definition) is 3. The number of pyridine rings is 1. The summed E-state index contributed by atoms with van der Waals surface area (Å²) >= 11 is 3.39. The molecule has 1 amide bonds. The van der Waals surface area contributed by atoms with Gasteiger partial charge in [-0.25, -0.2) is 0 Å². The summed E-state index contributed by atoms with van der Waals surface area (Å²) in [6.45, 7) is 1.20. The first kappa shape index (κ1) is 15.7. The molecule has 0 aliphatic heterocycles. The summed E-state index contributed by atoms with van der Waals surface area (Å²) < 4.78 is 0.950. The molecule has 0 saturated carbocycles. The fourth-order valence-corrected chi connectivity index (χ4v) is 2.36. The number of halogens is 1. The summed E-state index contributed by atoms with van der Waals surface area (Å²) in [5, 5.41) is 2.89. The molecule has 0 aliphatic rings. The van der Waals surface area contributed by atoms with E-state index in [4.69, 9.17) is 0 Å². The number of carbonyl (C=O) groups is 1. The molecule has 2 aromatic rings. The highest BCUT2D eigenvalue weighted by molar-refractivity contribution is 9.10. The Morgan fingerprint density at radius 1 is 1.29 bits per heavy atom. The highest BCUT2D eigenvalue weighted by Gasteiger charge is 2.07. The lowest BCUT2D eigenvalue weighted by molar-refractivity contribution is -0.117. The van der Waals surface area contributed by atoms with Crippen molar-refractivity contribution < 1.29 is 4.79 Å². The van der Waals surface area contributed by atoms with Crippen molar-refractivity contribution in [2.45, 2.75) is 6.42 Å². The van der Waals surface area contributed by atoms with E-state index in [1.54, 1.807) is 12.4 Å². The number of carbonyl (C=O) groups excluding carboxylic acids is 1. The summed E-state index contributed by atoms with van der Waals surface area (Å²) in [6, 6.07) is 11.6. The number of amides is 1. The summed E-state index contributed by atoms with van der Waals surface area (Å²) in [6.07, 6.45) is 4.48. The molecule has 110 valence electrons. The van der Waals surface area contributed by atoms with Crippen molar-refractivity contribution in [3.63, 3.8) is 0 Å². The Kier molecular flexibility index (Phi) is 5.90. The van der Waals surface area contributed by atoms with Gasteiger partial charge in [0.05, 0.1) is 6.54 Å². The maximum Gasteiger partial charge on any atom is 0.238 e. The lowest BCUT2D eigenvalue weighted by Crippen LogP contribution is -2.31. The van der Waals surface area contributed by atoms with Crippen LogP contribution < -0.4 is 5.32 Å². The molecule has 2 rings (SSSR count). The first-order chi connectivity index (χ1) is 10.1. The van der Waals surface area contributed by atoms with Crippen LogP contribution in [0.4, 0.5) is 5.69 Å². The number of anilines is 1. The van der Waals surface area contributed by atoms with Gasteiger partial charge in [-0.05, 0) is 49.4 Å². The molecule has 1 N–H and O–H groups in total. The predicted octanol–water partition coefficient (Wildman–Crippen LogP) is 2.96. The molecule has 0 unspecified atom stereocenters. The van der Waals surface area contributed by atoms with Crippen LogP contribution in [0.25, 0.3) is 0 Å². The quantitative estimate of drug-likeness (QED) is 0.873. The fraction of sp³-hybridized carbons (Fsp3) is 0.250. The van der Waals surface area contributed by atoms with Crippen molar-refractivity contribution >= 4 is 27.5 Å². The SMILES string of the molecule is CN(CCc1ccncc1)CC(=O)Nc1cccc(Br)c1. The standard InChI is InChI=1S/C16H18BrN3O/c1-20(10-7-13-5-8-18-9-6-13)12-16(21)19-15-4-2-3-14(17)11-15/h2-6,8-9,11H,7,10,12H2,1H3,(H,19,21). The largest absolute Gasteiger partial charge is 0.325 e. The second-order valence-electron chi connectivity index (χ2n) is 4.90. The van der Waals surface area contributed by atoms with E-state index < -0.39 is 0 Å². The van der Waals surface area contributed by atoms with Gasteiger partial charge in [0.1, 0.15) is 0 Å². The minimum Gasteiger partial charge on any atom is -0.325 e. The van der Waals surface area contributed by atoms with Crippen LogP contribution in [0.2, 0.25) is 0 Å². The van der Waals surface area contributed by atoms with Gasteiger partial charge in [-0.2, -0.15) is 0 Å². The number of nitrogens with one attached hydrogen (secondary N) is 1. The van der Waals surface area contributed by atoms with E-state index in [9.17, 15) is 4.79 Å². The van der Waals surface area contributed by atoms with E-state index in [2.05, 4.69) is 26.2 Å². The highest BCUT2D eigenvalue weighted by atomic mass is 79.9. The number of likely N-dealkylation sites (N-methyl/N-ethyl adjacent to an activating group) is 1. The Morgan fingerprint density at radius 2 is 2.05 bits per heavy atom. The van der Waals surface area contributed by atoms with E-state index in [1.807, 2.05) is 48.3 Å². The van der Waals surface area contributed by atoms with Gasteiger partial charge in [-0.1, -0.05) is 22.0 Å². The van der Waals surface area contributed by atoms with Crippen molar-refractivity contribution in [3.05, 3.63) is 58.8 Å². The van der Waals surface area contributed by atoms with Crippen molar-refractivity contribution in [2.24, 2.45) is 0 Å². The van der Waals surface area contributed by atoms with Crippen molar-refractivity contribution in [1.29, 1.82) is 0 Å². The lowest BCUT2D eigenvalue weighted by atomic mass is 10.2. The van der Waals surface area contributed by atoms with E-state index in [0.29, 0.717) is 6.54 Å². The monoisotopic (exact) mass is 347 g/mol. The van der Waals surface area contributed by atoms with Gasteiger partial charge in [0.25, 0.3) is 0 Å². The number of nitrogens with zero attached hydrogens (tertiary/aromatic N) is 2. The molecule has 1 aromatic carbocycles. The zero-order chi connectivity index (χ0) is 15.1. The molecular weight excluding hydrogens is 330 g/mol. The Bertz CT molecular complexity index is 589. The summed E-state index contributed by atoms with van der Waals surface area (Å²) in [5.74, 6) is -0.00896. The molecule has 1 heterocycles. The topological polar surface area (TPSA) is 45.2 Å². The minimum absolute atomic E-state index is 0.00896. The molecule has 0 saturated heterocycles. The molecule has 0 atom stereocenters. The van der Waals surface area contributed by atoms with Crippen LogP contribution in [-0.4, -0.2) is 35.9 Å². The van der Waals surface area contributed by atoms with Crippen molar-refractivity contribution in [3.8, 4) is 0 Å². The van der Waals surface area contributed by atoms with Gasteiger partial charge in [0, 0.05) is 29.1 Å². The van der Waals surface area contributed by atoms with Crippen LogP contribution in [0.15, 0.2) is 53.3 Å². The van der Waals surface area contributed by atoms with Crippen LogP contribution in [0.3, 0.4) is 0 Å². The van der Waals surface area contributed by atoms with Gasteiger partial charge in [0.2, 0.25) is 5.91 Å². The van der Waals surface area contributed by atoms with Crippen LogP contribution in [-0.2, 0) is 11.2 Å². The van der Waals surface area contributed by atoms with Crippen molar-refractivity contribution in [1.82, 2.24) is 9.88 Å². The molecule has 21 heavy (non-hydrogen) atoms. The van der Waals surface area contributed by atoms with Gasteiger partial charge in [-0.15, -0.1) is 0 Å². The Labute approximate surface area is 133 Å². The van der Waals surface area contributed by atoms with Crippen molar-refractivity contribution in [2.75, 3.05) is 25.5 Å². The van der Waals surface area contributed by atoms with Gasteiger partial charge in [-0.3, -0.25) is 14.7 Å². The number of benzene rings is 1. The zero-order valence-electron chi connectivity index (χ0n) is 11.9. The third kappa shape index (κ3) is 5.65. The average Bonchev–Trinajstić information content (AvgIpc) is 2.46. The zero-order valence-corrected chi connectivity index (χ0v) is 13.5. The van der Waals surface area contributed by atoms with E-state index in [-0.39, 0.29) is 5.91 Å². The summed E-state index contributed by atoms with van der Waals surface area (Å²) in [7, 11) is 1.95. The second kappa shape index (κ2) is 7.90. The maximum atomic E-state index is 12.0. The molecular formula is C16H18BrN3O. The number of hydrogen-bond donors (Lipinski definition) is 1. The molecule has 4 nitrogen and oxygen atoms in total. The van der Waals surface area contributed by atoms with E-state index in [0.717, 1.165) is 23.1 Å². The summed E-state index contributed by atoms with van der Waals surface area (Å²) in [5.41, 5.74) is 2.03. The molecule has 0 fully saturated rings. The molecule has 0 bridgehead atoms. The fourth-order valence-electron chi connectivity index (χ4n) is 1.96. The third-order valence-electron chi connectivity index (χ3n) is 3.05. The average molecular weight is 348 g/mol. The smallest absolute Gasteiger partial charge is 0.238 e. The number of aromatic nitrogens is 1.